The van der Waals surface area contributed by atoms with Gasteiger partial charge in [0.2, 0.25) is 0 Å². The molecule has 0 saturated carbocycles. The summed E-state index contributed by atoms with van der Waals surface area (Å²) >= 11 is 0. The van der Waals surface area contributed by atoms with E-state index >= 15 is 0 Å². The molecule has 1 aliphatic carbocycles. The van der Waals surface area contributed by atoms with Crippen LogP contribution in [0.15, 0.2) is 6.08 Å². The third kappa shape index (κ3) is 1.87. The summed E-state index contributed by atoms with van der Waals surface area (Å²) in [5.41, 5.74) is 9.46. The van der Waals surface area contributed by atoms with Crippen LogP contribution in [0.5, 0.6) is 0 Å². The van der Waals surface area contributed by atoms with Gasteiger partial charge >= 0.3 is 0 Å². The fourth-order valence-corrected chi connectivity index (χ4v) is 1.89. The van der Waals surface area contributed by atoms with Crippen LogP contribution in [0.1, 0.15) is 36.7 Å². The van der Waals surface area contributed by atoms with E-state index in [0.29, 0.717) is 0 Å². The van der Waals surface area contributed by atoms with Crippen LogP contribution in [0.2, 0.25) is 0 Å². The van der Waals surface area contributed by atoms with Gasteiger partial charge in [0.15, 0.2) is 0 Å². The number of hydrogen-bond donors (Lipinski definition) is 2. The summed E-state index contributed by atoms with van der Waals surface area (Å²) in [5.74, 6) is 0. The molecule has 1 aliphatic rings. The second-order valence-electron chi connectivity index (χ2n) is 3.99. The van der Waals surface area contributed by atoms with Gasteiger partial charge in [-0.25, -0.2) is 0 Å². The number of nitrogens with one attached hydrogen (secondary N) is 1. The molecule has 0 bridgehead atoms. The molecule has 0 spiro atoms. The van der Waals surface area contributed by atoms with Gasteiger partial charge in [-0.2, -0.15) is 5.10 Å². The zero-order chi connectivity index (χ0) is 9.97. The Morgan fingerprint density at radius 1 is 1.43 bits per heavy atom. The largest absolute Gasteiger partial charge is 0.325 e. The average molecular weight is 191 g/mol. The van der Waals surface area contributed by atoms with E-state index in [2.05, 4.69) is 10.2 Å². The quantitative estimate of drug-likeness (QED) is 0.746. The monoisotopic (exact) mass is 191 g/mol. The zero-order valence-corrected chi connectivity index (χ0v) is 8.59. The summed E-state index contributed by atoms with van der Waals surface area (Å²) in [6, 6.07) is 0.103. The molecule has 0 aliphatic heterocycles. The number of H-pyrrole nitrogens is 1. The maximum atomic E-state index is 5.66. The number of aromatic amines is 1. The third-order valence-corrected chi connectivity index (χ3v) is 2.65. The molecule has 0 aromatic carbocycles. The van der Waals surface area contributed by atoms with Crippen molar-refractivity contribution in [2.75, 3.05) is 0 Å². The van der Waals surface area contributed by atoms with Crippen molar-refractivity contribution in [3.05, 3.63) is 23.0 Å². The van der Waals surface area contributed by atoms with Gasteiger partial charge in [-0.3, -0.25) is 5.10 Å². The van der Waals surface area contributed by atoms with Gasteiger partial charge in [0.1, 0.15) is 0 Å². The molecule has 1 unspecified atom stereocenters. The molecule has 2 rings (SSSR count). The van der Waals surface area contributed by atoms with Crippen LogP contribution in [0.25, 0.3) is 6.08 Å². The minimum absolute atomic E-state index is 0.103. The van der Waals surface area contributed by atoms with E-state index in [9.17, 15) is 0 Å². The lowest BCUT2D eigenvalue weighted by atomic mass is 9.96. The van der Waals surface area contributed by atoms with E-state index in [1.165, 1.54) is 24.1 Å². The summed E-state index contributed by atoms with van der Waals surface area (Å²) in [5, 5.41) is 7.41. The average Bonchev–Trinajstić information content (AvgIpc) is 2.58. The number of nitrogens with two attached hydrogens (primary N) is 1. The molecule has 1 aromatic heterocycles. The second-order valence-corrected chi connectivity index (χ2v) is 3.99. The number of rotatable bonds is 2. The van der Waals surface area contributed by atoms with Gasteiger partial charge in [0.25, 0.3) is 0 Å². The van der Waals surface area contributed by atoms with E-state index in [0.717, 1.165) is 18.5 Å². The number of nitrogens with zero attached hydrogens (tertiary/aromatic N) is 1. The second kappa shape index (κ2) is 3.96. The number of aryl methyl sites for hydroxylation is 1. The van der Waals surface area contributed by atoms with Gasteiger partial charge in [-0.15, -0.1) is 0 Å². The van der Waals surface area contributed by atoms with Crippen LogP contribution in [0.3, 0.4) is 0 Å². The van der Waals surface area contributed by atoms with E-state index in [1.807, 2.05) is 19.1 Å². The highest BCUT2D eigenvalue weighted by atomic mass is 15.1. The standard InChI is InChI=1S/C11H17N3/c1-8(12)6-7-11-9-4-2-3-5-10(9)13-14-11/h6-8H,2-5,12H2,1H3,(H,13,14)/b7-6+. The molecule has 0 fully saturated rings. The maximum Gasteiger partial charge on any atom is 0.0880 e. The first kappa shape index (κ1) is 9.46. The van der Waals surface area contributed by atoms with Crippen molar-refractivity contribution in [1.82, 2.24) is 10.2 Å². The van der Waals surface area contributed by atoms with Crippen LogP contribution in [0, 0.1) is 0 Å². The molecule has 0 radical (unpaired) electrons. The Hall–Kier alpha value is -1.09. The van der Waals surface area contributed by atoms with Crippen LogP contribution >= 0.6 is 0 Å². The first-order valence-electron chi connectivity index (χ1n) is 5.27. The van der Waals surface area contributed by atoms with Gasteiger partial charge in [-0.05, 0) is 38.7 Å². The fraction of sp³-hybridized carbons (Fsp3) is 0.545. The lowest BCUT2D eigenvalue weighted by Gasteiger charge is -2.09. The number of hydrogen-bond acceptors (Lipinski definition) is 2. The molecule has 1 atom stereocenters. The Labute approximate surface area is 84.4 Å². The molecule has 0 saturated heterocycles. The van der Waals surface area contributed by atoms with E-state index in [4.69, 9.17) is 5.73 Å². The molecule has 3 heteroatoms. The van der Waals surface area contributed by atoms with Crippen LogP contribution in [0.4, 0.5) is 0 Å². The minimum atomic E-state index is 0.103. The fourth-order valence-electron chi connectivity index (χ4n) is 1.89. The first-order chi connectivity index (χ1) is 6.77. The summed E-state index contributed by atoms with van der Waals surface area (Å²) in [7, 11) is 0. The Morgan fingerprint density at radius 2 is 2.21 bits per heavy atom. The van der Waals surface area contributed by atoms with Crippen molar-refractivity contribution < 1.29 is 0 Å². The number of fused-ring (bicyclic) bond motifs is 1. The van der Waals surface area contributed by atoms with Crippen LogP contribution in [-0.2, 0) is 12.8 Å². The van der Waals surface area contributed by atoms with E-state index < -0.39 is 0 Å². The van der Waals surface area contributed by atoms with Crippen molar-refractivity contribution in [2.45, 2.75) is 38.6 Å². The summed E-state index contributed by atoms with van der Waals surface area (Å²) < 4.78 is 0. The predicted molar refractivity (Wildman–Crippen MR) is 57.9 cm³/mol. The topological polar surface area (TPSA) is 54.7 Å². The lowest BCUT2D eigenvalue weighted by molar-refractivity contribution is 0.674. The molecule has 3 nitrogen and oxygen atoms in total. The highest BCUT2D eigenvalue weighted by Crippen LogP contribution is 2.22. The van der Waals surface area contributed by atoms with Crippen LogP contribution < -0.4 is 5.73 Å². The van der Waals surface area contributed by atoms with Gasteiger partial charge in [0, 0.05) is 17.3 Å². The maximum absolute atomic E-state index is 5.66. The SMILES string of the molecule is CC(N)/C=C/c1n[nH]c2c1CCCC2. The molecule has 3 N–H and O–H groups in total. The van der Waals surface area contributed by atoms with Crippen molar-refractivity contribution in [3.63, 3.8) is 0 Å². The van der Waals surface area contributed by atoms with Gasteiger partial charge < -0.3 is 5.73 Å². The molecule has 1 aromatic rings. The first-order valence-corrected chi connectivity index (χ1v) is 5.27. The number of aromatic nitrogens is 2. The lowest BCUT2D eigenvalue weighted by Crippen LogP contribution is -2.10. The Morgan fingerprint density at radius 3 is 3.00 bits per heavy atom. The van der Waals surface area contributed by atoms with Crippen LogP contribution in [-0.4, -0.2) is 16.2 Å². The molecule has 14 heavy (non-hydrogen) atoms. The summed E-state index contributed by atoms with van der Waals surface area (Å²) in [4.78, 5) is 0. The molecule has 1 heterocycles. The van der Waals surface area contributed by atoms with Crippen molar-refractivity contribution in [2.24, 2.45) is 5.73 Å². The van der Waals surface area contributed by atoms with Crippen molar-refractivity contribution >= 4 is 6.08 Å². The highest BCUT2D eigenvalue weighted by molar-refractivity contribution is 5.51. The van der Waals surface area contributed by atoms with E-state index in [-0.39, 0.29) is 6.04 Å². The summed E-state index contributed by atoms with van der Waals surface area (Å²) in [6.45, 7) is 1.97. The Balaban J connectivity index is 2.22. The zero-order valence-electron chi connectivity index (χ0n) is 8.59. The Bertz CT molecular complexity index is 336. The molecular formula is C11H17N3. The normalized spacial score (nSPS) is 18.4. The summed E-state index contributed by atoms with van der Waals surface area (Å²) in [6.07, 6.45) is 8.90. The van der Waals surface area contributed by atoms with Gasteiger partial charge in [0.05, 0.1) is 5.69 Å². The third-order valence-electron chi connectivity index (χ3n) is 2.65. The van der Waals surface area contributed by atoms with E-state index in [1.54, 1.807) is 0 Å². The van der Waals surface area contributed by atoms with Crippen molar-refractivity contribution in [1.29, 1.82) is 0 Å². The molecular weight excluding hydrogens is 174 g/mol. The smallest absolute Gasteiger partial charge is 0.0880 e. The minimum Gasteiger partial charge on any atom is -0.325 e. The van der Waals surface area contributed by atoms with Gasteiger partial charge in [-0.1, -0.05) is 6.08 Å². The molecule has 76 valence electrons. The highest BCUT2D eigenvalue weighted by Gasteiger charge is 2.14. The van der Waals surface area contributed by atoms with Crippen molar-refractivity contribution in [3.8, 4) is 0 Å². The Kier molecular flexibility index (Phi) is 2.68. The molecule has 0 amide bonds. The predicted octanol–water partition coefficient (Wildman–Crippen LogP) is 1.65.